The Hall–Kier alpha value is -1.26. The minimum absolute atomic E-state index is 0. The molecule has 4 nitrogen and oxygen atoms in total. The molecule has 1 aromatic carbocycles. The second kappa shape index (κ2) is 7.14. The van der Waals surface area contributed by atoms with Crippen LogP contribution >= 0.6 is 12.4 Å². The number of ether oxygens (including phenoxy) is 1. The Labute approximate surface area is 133 Å². The molecule has 0 bridgehead atoms. The van der Waals surface area contributed by atoms with Crippen LogP contribution < -0.4 is 15.8 Å². The molecule has 0 saturated heterocycles. The lowest BCUT2D eigenvalue weighted by molar-refractivity contribution is -0.119. The molecule has 1 rings (SSSR count). The number of halogens is 1. The molecule has 5 heteroatoms. The number of benzene rings is 1. The third kappa shape index (κ3) is 6.82. The van der Waals surface area contributed by atoms with Gasteiger partial charge in [0.1, 0.15) is 11.4 Å². The van der Waals surface area contributed by atoms with Crippen molar-refractivity contribution in [1.29, 1.82) is 0 Å². The first kappa shape index (κ1) is 19.7. The van der Waals surface area contributed by atoms with Crippen LogP contribution in [0.4, 0.5) is 5.69 Å². The maximum Gasteiger partial charge on any atom is 0.241 e. The van der Waals surface area contributed by atoms with Gasteiger partial charge in [0, 0.05) is 5.69 Å². The van der Waals surface area contributed by atoms with E-state index >= 15 is 0 Å². The van der Waals surface area contributed by atoms with Gasteiger partial charge in [-0.05, 0) is 50.5 Å². The van der Waals surface area contributed by atoms with Crippen LogP contribution in [0.5, 0.6) is 5.75 Å². The molecule has 0 radical (unpaired) electrons. The summed E-state index contributed by atoms with van der Waals surface area (Å²) < 4.78 is 5.73. The van der Waals surface area contributed by atoms with E-state index < -0.39 is 6.04 Å². The van der Waals surface area contributed by atoms with Crippen LogP contribution in [0.1, 0.15) is 41.5 Å². The Bertz CT molecular complexity index is 459. The predicted molar refractivity (Wildman–Crippen MR) is 90.1 cm³/mol. The van der Waals surface area contributed by atoms with Crippen molar-refractivity contribution in [3.63, 3.8) is 0 Å². The average Bonchev–Trinajstić information content (AvgIpc) is 2.27. The highest BCUT2D eigenvalue weighted by Crippen LogP contribution is 2.22. The van der Waals surface area contributed by atoms with E-state index in [1.54, 1.807) is 0 Å². The molecular formula is C16H27ClN2O2. The van der Waals surface area contributed by atoms with Crippen LogP contribution in [-0.4, -0.2) is 17.6 Å². The fraction of sp³-hybridized carbons (Fsp3) is 0.562. The van der Waals surface area contributed by atoms with Crippen LogP contribution in [0, 0.1) is 5.41 Å². The van der Waals surface area contributed by atoms with E-state index in [1.807, 2.05) is 65.8 Å². The molecule has 0 unspecified atom stereocenters. The van der Waals surface area contributed by atoms with E-state index in [0.29, 0.717) is 0 Å². The van der Waals surface area contributed by atoms with Gasteiger partial charge in [-0.3, -0.25) is 4.79 Å². The summed E-state index contributed by atoms with van der Waals surface area (Å²) in [5.41, 5.74) is 6.14. The maximum absolute atomic E-state index is 12.0. The molecule has 0 aliphatic heterocycles. The number of hydrogen-bond donors (Lipinski definition) is 2. The molecule has 0 aliphatic carbocycles. The Balaban J connectivity index is 0.00000400. The number of rotatable bonds is 3. The molecule has 0 aliphatic rings. The highest BCUT2D eigenvalue weighted by Gasteiger charge is 2.27. The number of carbonyl (C=O) groups is 1. The minimum Gasteiger partial charge on any atom is -0.488 e. The molecule has 0 heterocycles. The van der Waals surface area contributed by atoms with E-state index in [1.165, 1.54) is 0 Å². The van der Waals surface area contributed by atoms with Gasteiger partial charge in [-0.2, -0.15) is 0 Å². The van der Waals surface area contributed by atoms with Crippen molar-refractivity contribution in [3.05, 3.63) is 24.3 Å². The number of hydrogen-bond acceptors (Lipinski definition) is 3. The normalized spacial score (nSPS) is 13.1. The minimum atomic E-state index is -0.548. The monoisotopic (exact) mass is 314 g/mol. The molecule has 0 spiro atoms. The van der Waals surface area contributed by atoms with Gasteiger partial charge in [-0.1, -0.05) is 20.8 Å². The lowest BCUT2D eigenvalue weighted by Gasteiger charge is -2.26. The number of nitrogens with two attached hydrogens (primary N) is 1. The molecule has 21 heavy (non-hydrogen) atoms. The third-order valence-electron chi connectivity index (χ3n) is 2.76. The van der Waals surface area contributed by atoms with E-state index in [-0.39, 0.29) is 29.3 Å². The van der Waals surface area contributed by atoms with Gasteiger partial charge in [0.15, 0.2) is 0 Å². The highest BCUT2D eigenvalue weighted by molar-refractivity contribution is 5.95. The summed E-state index contributed by atoms with van der Waals surface area (Å²) in [6.07, 6.45) is 0. The summed E-state index contributed by atoms with van der Waals surface area (Å²) in [5.74, 6) is 0.595. The molecule has 3 N–H and O–H groups in total. The van der Waals surface area contributed by atoms with Gasteiger partial charge < -0.3 is 15.8 Å². The topological polar surface area (TPSA) is 64.3 Å². The summed E-state index contributed by atoms with van der Waals surface area (Å²) >= 11 is 0. The van der Waals surface area contributed by atoms with Crippen molar-refractivity contribution in [2.24, 2.45) is 11.1 Å². The van der Waals surface area contributed by atoms with Gasteiger partial charge in [-0.15, -0.1) is 12.4 Å². The van der Waals surface area contributed by atoms with Crippen LogP contribution in [0.2, 0.25) is 0 Å². The van der Waals surface area contributed by atoms with Gasteiger partial charge >= 0.3 is 0 Å². The Morgan fingerprint density at radius 2 is 1.57 bits per heavy atom. The van der Waals surface area contributed by atoms with Crippen molar-refractivity contribution in [3.8, 4) is 5.75 Å². The highest BCUT2D eigenvalue weighted by atomic mass is 35.5. The fourth-order valence-electron chi connectivity index (χ4n) is 1.57. The lowest BCUT2D eigenvalue weighted by Crippen LogP contribution is -2.45. The maximum atomic E-state index is 12.0. The molecule has 1 aromatic rings. The van der Waals surface area contributed by atoms with Crippen molar-refractivity contribution < 1.29 is 9.53 Å². The molecule has 0 aromatic heterocycles. The van der Waals surface area contributed by atoms with E-state index in [9.17, 15) is 4.79 Å². The average molecular weight is 315 g/mol. The Morgan fingerprint density at radius 3 is 1.95 bits per heavy atom. The second-order valence-electron chi connectivity index (χ2n) is 7.07. The van der Waals surface area contributed by atoms with Crippen molar-refractivity contribution in [2.45, 2.75) is 53.2 Å². The fourth-order valence-corrected chi connectivity index (χ4v) is 1.57. The summed E-state index contributed by atoms with van der Waals surface area (Å²) in [6.45, 7) is 11.8. The zero-order valence-electron chi connectivity index (χ0n) is 13.7. The standard InChI is InChI=1S/C16H26N2O2.ClH/c1-15(2,3)13(17)14(19)18-11-7-9-12(10-8-11)20-16(4,5)6;/h7-10,13H,17H2,1-6H3,(H,18,19);1H/t13-;/m1./s1. The van der Waals surface area contributed by atoms with Gasteiger partial charge in [0.05, 0.1) is 6.04 Å². The number of carbonyl (C=O) groups excluding carboxylic acids is 1. The predicted octanol–water partition coefficient (Wildman–Crippen LogP) is 3.60. The van der Waals surface area contributed by atoms with E-state index in [4.69, 9.17) is 10.5 Å². The number of amides is 1. The van der Waals surface area contributed by atoms with Crippen LogP contribution in [0.3, 0.4) is 0 Å². The summed E-state index contributed by atoms with van der Waals surface area (Å²) in [6, 6.07) is 6.75. The SMILES string of the molecule is CC(C)(C)Oc1ccc(NC(=O)[C@@H](N)C(C)(C)C)cc1.Cl. The first-order chi connectivity index (χ1) is 8.99. The van der Waals surface area contributed by atoms with Gasteiger partial charge in [-0.25, -0.2) is 0 Å². The van der Waals surface area contributed by atoms with Crippen molar-refractivity contribution in [1.82, 2.24) is 0 Å². The van der Waals surface area contributed by atoms with Crippen LogP contribution in [0.25, 0.3) is 0 Å². The number of nitrogens with one attached hydrogen (secondary N) is 1. The smallest absolute Gasteiger partial charge is 0.241 e. The largest absolute Gasteiger partial charge is 0.488 e. The summed E-state index contributed by atoms with van der Waals surface area (Å²) in [7, 11) is 0. The second-order valence-corrected chi connectivity index (χ2v) is 7.07. The van der Waals surface area contributed by atoms with E-state index in [0.717, 1.165) is 11.4 Å². The molecule has 1 atom stereocenters. The summed E-state index contributed by atoms with van der Waals surface area (Å²) in [5, 5.41) is 2.82. The molecule has 1 amide bonds. The number of anilines is 1. The van der Waals surface area contributed by atoms with Crippen molar-refractivity contribution >= 4 is 24.0 Å². The lowest BCUT2D eigenvalue weighted by atomic mass is 9.87. The quantitative estimate of drug-likeness (QED) is 0.896. The van der Waals surface area contributed by atoms with Crippen LogP contribution in [0.15, 0.2) is 24.3 Å². The molecular weight excluding hydrogens is 288 g/mol. The first-order valence-corrected chi connectivity index (χ1v) is 6.84. The van der Waals surface area contributed by atoms with E-state index in [2.05, 4.69) is 5.32 Å². The third-order valence-corrected chi connectivity index (χ3v) is 2.76. The molecule has 0 fully saturated rings. The Kier molecular flexibility index (Phi) is 6.71. The van der Waals surface area contributed by atoms with Crippen molar-refractivity contribution in [2.75, 3.05) is 5.32 Å². The zero-order valence-corrected chi connectivity index (χ0v) is 14.5. The summed E-state index contributed by atoms with van der Waals surface area (Å²) in [4.78, 5) is 12.0. The molecule has 0 saturated carbocycles. The Morgan fingerprint density at radius 1 is 1.10 bits per heavy atom. The first-order valence-electron chi connectivity index (χ1n) is 6.84. The van der Waals surface area contributed by atoms with Gasteiger partial charge in [0.2, 0.25) is 5.91 Å². The molecule has 120 valence electrons. The van der Waals surface area contributed by atoms with Gasteiger partial charge in [0.25, 0.3) is 0 Å². The zero-order chi connectivity index (χ0) is 15.6. The van der Waals surface area contributed by atoms with Crippen LogP contribution in [-0.2, 0) is 4.79 Å².